The first-order valence-corrected chi connectivity index (χ1v) is 10.4. The standard InChI is InChI=1S/C21H29NO3S/c1-7-15(2)16-8-11-18(12-9-16)26(23,24)22-19-14-17(21(3,4)5)10-13-20(19)25-6/h8-15,22H,7H2,1-6H3/t15-/m0/s1. The zero-order valence-electron chi connectivity index (χ0n) is 16.5. The van der Waals surface area contributed by atoms with Crippen molar-refractivity contribution in [3.8, 4) is 5.75 Å². The van der Waals surface area contributed by atoms with Gasteiger partial charge in [-0.25, -0.2) is 8.42 Å². The van der Waals surface area contributed by atoms with Crippen molar-refractivity contribution < 1.29 is 13.2 Å². The number of hydrogen-bond acceptors (Lipinski definition) is 3. The molecule has 0 heterocycles. The summed E-state index contributed by atoms with van der Waals surface area (Å²) in [5.74, 6) is 0.904. The van der Waals surface area contributed by atoms with Gasteiger partial charge >= 0.3 is 0 Å². The van der Waals surface area contributed by atoms with Crippen molar-refractivity contribution >= 4 is 15.7 Å². The van der Waals surface area contributed by atoms with Crippen LogP contribution in [0.25, 0.3) is 0 Å². The van der Waals surface area contributed by atoms with E-state index in [0.717, 1.165) is 17.5 Å². The van der Waals surface area contributed by atoms with E-state index in [1.54, 1.807) is 18.2 Å². The number of methoxy groups -OCH3 is 1. The maximum absolute atomic E-state index is 12.8. The van der Waals surface area contributed by atoms with E-state index in [0.29, 0.717) is 17.4 Å². The average Bonchev–Trinajstić information content (AvgIpc) is 2.60. The Morgan fingerprint density at radius 1 is 1.08 bits per heavy atom. The third-order valence-corrected chi connectivity index (χ3v) is 6.06. The predicted molar refractivity (Wildman–Crippen MR) is 108 cm³/mol. The second kappa shape index (κ2) is 7.70. The van der Waals surface area contributed by atoms with Crippen LogP contribution < -0.4 is 9.46 Å². The topological polar surface area (TPSA) is 55.4 Å². The Balaban J connectivity index is 2.37. The van der Waals surface area contributed by atoms with Crippen molar-refractivity contribution in [3.05, 3.63) is 53.6 Å². The molecule has 0 bridgehead atoms. The highest BCUT2D eigenvalue weighted by atomic mass is 32.2. The average molecular weight is 376 g/mol. The minimum Gasteiger partial charge on any atom is -0.495 e. The molecule has 0 spiro atoms. The minimum absolute atomic E-state index is 0.0929. The third-order valence-electron chi connectivity index (χ3n) is 4.68. The van der Waals surface area contributed by atoms with Crippen LogP contribution in [0.2, 0.25) is 0 Å². The third kappa shape index (κ3) is 4.58. The van der Waals surface area contributed by atoms with Gasteiger partial charge in [0.25, 0.3) is 10.0 Å². The lowest BCUT2D eigenvalue weighted by Gasteiger charge is -2.21. The van der Waals surface area contributed by atoms with E-state index in [1.807, 2.05) is 24.3 Å². The Morgan fingerprint density at radius 2 is 1.69 bits per heavy atom. The quantitative estimate of drug-likeness (QED) is 0.745. The highest BCUT2D eigenvalue weighted by Crippen LogP contribution is 2.33. The van der Waals surface area contributed by atoms with Crippen molar-refractivity contribution in [2.24, 2.45) is 0 Å². The first-order chi connectivity index (χ1) is 12.1. The summed E-state index contributed by atoms with van der Waals surface area (Å²) in [7, 11) is -2.15. The summed E-state index contributed by atoms with van der Waals surface area (Å²) < 4.78 is 33.6. The van der Waals surface area contributed by atoms with Crippen LogP contribution in [0.5, 0.6) is 5.75 Å². The Hall–Kier alpha value is -2.01. The zero-order valence-corrected chi connectivity index (χ0v) is 17.3. The summed E-state index contributed by atoms with van der Waals surface area (Å²) in [6.07, 6.45) is 1.02. The molecule has 0 saturated carbocycles. The van der Waals surface area contributed by atoms with E-state index in [1.165, 1.54) is 7.11 Å². The van der Waals surface area contributed by atoms with Crippen molar-refractivity contribution in [2.75, 3.05) is 11.8 Å². The van der Waals surface area contributed by atoms with Crippen LogP contribution >= 0.6 is 0 Å². The molecule has 2 aromatic rings. The van der Waals surface area contributed by atoms with Gasteiger partial charge in [-0.2, -0.15) is 0 Å². The summed E-state index contributed by atoms with van der Waals surface area (Å²) in [6, 6.07) is 12.7. The Morgan fingerprint density at radius 3 is 2.19 bits per heavy atom. The number of sulfonamides is 1. The molecule has 4 nitrogen and oxygen atoms in total. The van der Waals surface area contributed by atoms with Gasteiger partial charge in [-0.15, -0.1) is 0 Å². The van der Waals surface area contributed by atoms with Crippen molar-refractivity contribution in [2.45, 2.75) is 57.3 Å². The van der Waals surface area contributed by atoms with E-state index in [4.69, 9.17) is 4.74 Å². The van der Waals surface area contributed by atoms with E-state index < -0.39 is 10.0 Å². The molecule has 2 aromatic carbocycles. The fourth-order valence-electron chi connectivity index (χ4n) is 2.67. The molecular weight excluding hydrogens is 346 g/mol. The molecule has 2 rings (SSSR count). The smallest absolute Gasteiger partial charge is 0.262 e. The van der Waals surface area contributed by atoms with Gasteiger partial charge < -0.3 is 4.74 Å². The van der Waals surface area contributed by atoms with E-state index in [2.05, 4.69) is 39.3 Å². The first-order valence-electron chi connectivity index (χ1n) is 8.89. The maximum Gasteiger partial charge on any atom is 0.262 e. The number of nitrogens with one attached hydrogen (secondary N) is 1. The van der Waals surface area contributed by atoms with Crippen LogP contribution in [-0.4, -0.2) is 15.5 Å². The monoisotopic (exact) mass is 375 g/mol. The van der Waals surface area contributed by atoms with Gasteiger partial charge in [0.15, 0.2) is 0 Å². The van der Waals surface area contributed by atoms with E-state index in [9.17, 15) is 8.42 Å². The number of benzene rings is 2. The van der Waals surface area contributed by atoms with Crippen LogP contribution in [0.4, 0.5) is 5.69 Å². The highest BCUT2D eigenvalue weighted by molar-refractivity contribution is 7.92. The predicted octanol–water partition coefficient (Wildman–Crippen LogP) is 5.31. The largest absolute Gasteiger partial charge is 0.495 e. The lowest BCUT2D eigenvalue weighted by atomic mass is 9.87. The number of hydrogen-bond donors (Lipinski definition) is 1. The molecule has 0 aliphatic heterocycles. The van der Waals surface area contributed by atoms with Crippen molar-refractivity contribution in [1.29, 1.82) is 0 Å². The number of rotatable bonds is 6. The normalized spacial score (nSPS) is 13.3. The molecule has 0 fully saturated rings. The molecule has 0 aliphatic rings. The molecule has 0 amide bonds. The van der Waals surface area contributed by atoms with Gasteiger partial charge in [0.2, 0.25) is 0 Å². The fourth-order valence-corrected chi connectivity index (χ4v) is 3.73. The van der Waals surface area contributed by atoms with Gasteiger partial charge in [0, 0.05) is 0 Å². The van der Waals surface area contributed by atoms with Gasteiger partial charge in [-0.05, 0) is 53.1 Å². The molecule has 1 N–H and O–H groups in total. The van der Waals surface area contributed by atoms with E-state index >= 15 is 0 Å². The Bertz CT molecular complexity index is 850. The molecule has 0 unspecified atom stereocenters. The van der Waals surface area contributed by atoms with Crippen LogP contribution in [0.3, 0.4) is 0 Å². The molecular formula is C21H29NO3S. The first kappa shape index (κ1) is 20.3. The number of ether oxygens (including phenoxy) is 1. The molecule has 0 aliphatic carbocycles. The summed E-state index contributed by atoms with van der Waals surface area (Å²) >= 11 is 0. The minimum atomic E-state index is -3.69. The molecule has 0 saturated heterocycles. The van der Waals surface area contributed by atoms with Gasteiger partial charge in [-0.1, -0.05) is 52.8 Å². The van der Waals surface area contributed by atoms with Crippen LogP contribution in [0, 0.1) is 0 Å². The van der Waals surface area contributed by atoms with Crippen LogP contribution in [0.1, 0.15) is 58.1 Å². The SMILES string of the molecule is CC[C@H](C)c1ccc(S(=O)(=O)Nc2cc(C(C)(C)C)ccc2OC)cc1. The maximum atomic E-state index is 12.8. The van der Waals surface area contributed by atoms with E-state index in [-0.39, 0.29) is 10.3 Å². The molecule has 26 heavy (non-hydrogen) atoms. The molecule has 5 heteroatoms. The lowest BCUT2D eigenvalue weighted by Crippen LogP contribution is -2.16. The molecule has 1 atom stereocenters. The summed E-state index contributed by atoms with van der Waals surface area (Å²) in [6.45, 7) is 10.5. The molecule has 0 radical (unpaired) electrons. The Kier molecular flexibility index (Phi) is 6.02. The summed E-state index contributed by atoms with van der Waals surface area (Å²) in [4.78, 5) is 0.243. The van der Waals surface area contributed by atoms with Gasteiger partial charge in [-0.3, -0.25) is 4.72 Å². The Labute approximate surface area is 157 Å². The fraction of sp³-hybridized carbons (Fsp3) is 0.429. The second-order valence-electron chi connectivity index (χ2n) is 7.65. The van der Waals surface area contributed by atoms with Crippen molar-refractivity contribution in [3.63, 3.8) is 0 Å². The summed E-state index contributed by atoms with van der Waals surface area (Å²) in [5.41, 5.74) is 2.53. The molecule has 0 aromatic heterocycles. The highest BCUT2D eigenvalue weighted by Gasteiger charge is 2.20. The zero-order chi connectivity index (χ0) is 19.5. The van der Waals surface area contributed by atoms with Crippen LogP contribution in [0.15, 0.2) is 47.4 Å². The molecule has 142 valence electrons. The second-order valence-corrected chi connectivity index (χ2v) is 9.33. The number of anilines is 1. The van der Waals surface area contributed by atoms with Gasteiger partial charge in [0.05, 0.1) is 17.7 Å². The lowest BCUT2D eigenvalue weighted by molar-refractivity contribution is 0.416. The summed E-state index contributed by atoms with van der Waals surface area (Å²) in [5, 5.41) is 0. The van der Waals surface area contributed by atoms with Gasteiger partial charge in [0.1, 0.15) is 5.75 Å². The van der Waals surface area contributed by atoms with Crippen LogP contribution in [-0.2, 0) is 15.4 Å². The van der Waals surface area contributed by atoms with Crippen molar-refractivity contribution in [1.82, 2.24) is 0 Å².